The molecule has 0 radical (unpaired) electrons. The lowest BCUT2D eigenvalue weighted by molar-refractivity contribution is 0.0697. The number of aromatic carboxylic acids is 1. The van der Waals surface area contributed by atoms with Gasteiger partial charge >= 0.3 is 5.97 Å². The zero-order valence-electron chi connectivity index (χ0n) is 14.6. The first-order valence-electron chi connectivity index (χ1n) is 8.35. The van der Waals surface area contributed by atoms with E-state index in [0.717, 1.165) is 11.1 Å². The summed E-state index contributed by atoms with van der Waals surface area (Å²) in [6, 6.07) is 17.4. The maximum atomic E-state index is 11.1. The third-order valence-electron chi connectivity index (χ3n) is 3.96. The highest BCUT2D eigenvalue weighted by Gasteiger charge is 2.11. The quantitative estimate of drug-likeness (QED) is 0.442. The predicted molar refractivity (Wildman–Crippen MR) is 113 cm³/mol. The number of anilines is 1. The van der Waals surface area contributed by atoms with Crippen LogP contribution in [0.5, 0.6) is 5.75 Å². The van der Waals surface area contributed by atoms with E-state index in [1.807, 2.05) is 12.1 Å². The van der Waals surface area contributed by atoms with Crippen molar-refractivity contribution in [2.75, 3.05) is 5.32 Å². The van der Waals surface area contributed by atoms with Crippen LogP contribution in [-0.4, -0.2) is 11.1 Å². The molecule has 0 spiro atoms. The molecule has 144 valence electrons. The second-order valence-electron chi connectivity index (χ2n) is 6.04. The Labute approximate surface area is 177 Å². The van der Waals surface area contributed by atoms with E-state index < -0.39 is 5.97 Å². The SMILES string of the molecule is O=C(O)c1cccc(NCc2cc(Cl)c(OCc3ccc(Cl)cc3)c(Cl)c2)c1. The summed E-state index contributed by atoms with van der Waals surface area (Å²) in [5, 5.41) is 13.7. The molecule has 0 aliphatic rings. The van der Waals surface area contributed by atoms with Crippen LogP contribution in [0.25, 0.3) is 0 Å². The summed E-state index contributed by atoms with van der Waals surface area (Å²) in [6.07, 6.45) is 0. The zero-order chi connectivity index (χ0) is 20.1. The standard InChI is InChI=1S/C21H16Cl3NO3/c22-16-6-4-13(5-7-16)12-28-20-18(23)8-14(9-19(20)24)11-25-17-3-1-2-15(10-17)21(26)27/h1-10,25H,11-12H2,(H,26,27). The fraction of sp³-hybridized carbons (Fsp3) is 0.0952. The van der Waals surface area contributed by atoms with Crippen LogP contribution < -0.4 is 10.1 Å². The van der Waals surface area contributed by atoms with E-state index >= 15 is 0 Å². The molecule has 0 saturated carbocycles. The lowest BCUT2D eigenvalue weighted by Crippen LogP contribution is -2.03. The molecule has 0 unspecified atom stereocenters. The minimum atomic E-state index is -0.975. The van der Waals surface area contributed by atoms with E-state index in [9.17, 15) is 4.79 Å². The molecule has 3 aromatic rings. The summed E-state index contributed by atoms with van der Waals surface area (Å²) in [5.41, 5.74) is 2.69. The maximum Gasteiger partial charge on any atom is 0.335 e. The molecule has 0 aliphatic heterocycles. The second kappa shape index (κ2) is 9.20. The first kappa shape index (κ1) is 20.3. The fourth-order valence-electron chi connectivity index (χ4n) is 2.55. The van der Waals surface area contributed by atoms with Crippen molar-refractivity contribution in [1.82, 2.24) is 0 Å². The van der Waals surface area contributed by atoms with Gasteiger partial charge in [0.2, 0.25) is 0 Å². The Morgan fingerprint density at radius 2 is 1.61 bits per heavy atom. The summed E-state index contributed by atoms with van der Waals surface area (Å²) in [4.78, 5) is 11.1. The zero-order valence-corrected chi connectivity index (χ0v) is 16.9. The molecular formula is C21H16Cl3NO3. The van der Waals surface area contributed by atoms with Crippen molar-refractivity contribution >= 4 is 46.5 Å². The average Bonchev–Trinajstić information content (AvgIpc) is 2.67. The van der Waals surface area contributed by atoms with Gasteiger partial charge in [-0.25, -0.2) is 4.79 Å². The number of benzene rings is 3. The van der Waals surface area contributed by atoms with Crippen molar-refractivity contribution in [3.8, 4) is 5.75 Å². The Morgan fingerprint density at radius 3 is 2.25 bits per heavy atom. The second-order valence-corrected chi connectivity index (χ2v) is 7.29. The Morgan fingerprint density at radius 1 is 0.929 bits per heavy atom. The molecule has 3 aromatic carbocycles. The van der Waals surface area contributed by atoms with Crippen molar-refractivity contribution in [2.24, 2.45) is 0 Å². The Balaban J connectivity index is 1.66. The third-order valence-corrected chi connectivity index (χ3v) is 4.77. The lowest BCUT2D eigenvalue weighted by atomic mass is 10.1. The lowest BCUT2D eigenvalue weighted by Gasteiger charge is -2.13. The van der Waals surface area contributed by atoms with Gasteiger partial charge in [0.05, 0.1) is 15.6 Å². The van der Waals surface area contributed by atoms with Gasteiger partial charge < -0.3 is 15.2 Å². The summed E-state index contributed by atoms with van der Waals surface area (Å²) in [6.45, 7) is 0.746. The van der Waals surface area contributed by atoms with Crippen LogP contribution in [0, 0.1) is 0 Å². The third kappa shape index (κ3) is 5.32. The highest BCUT2D eigenvalue weighted by molar-refractivity contribution is 6.37. The first-order valence-corrected chi connectivity index (χ1v) is 9.48. The molecule has 0 atom stereocenters. The molecule has 0 heterocycles. The van der Waals surface area contributed by atoms with Crippen LogP contribution in [0.15, 0.2) is 60.7 Å². The molecule has 0 saturated heterocycles. The van der Waals surface area contributed by atoms with Gasteiger partial charge in [0.15, 0.2) is 5.75 Å². The topological polar surface area (TPSA) is 58.6 Å². The largest absolute Gasteiger partial charge is 0.486 e. The molecular weight excluding hydrogens is 421 g/mol. The van der Waals surface area contributed by atoms with Gasteiger partial charge in [-0.3, -0.25) is 0 Å². The molecule has 3 rings (SSSR count). The van der Waals surface area contributed by atoms with Crippen LogP contribution in [-0.2, 0) is 13.2 Å². The van der Waals surface area contributed by atoms with Gasteiger partial charge in [-0.15, -0.1) is 0 Å². The summed E-state index contributed by atoms with van der Waals surface area (Å²) >= 11 is 18.6. The highest BCUT2D eigenvalue weighted by Crippen LogP contribution is 2.35. The minimum absolute atomic E-state index is 0.215. The van der Waals surface area contributed by atoms with Gasteiger partial charge in [-0.05, 0) is 53.6 Å². The maximum absolute atomic E-state index is 11.1. The van der Waals surface area contributed by atoms with E-state index in [4.69, 9.17) is 44.6 Å². The van der Waals surface area contributed by atoms with Gasteiger partial charge in [-0.1, -0.05) is 53.0 Å². The Bertz CT molecular complexity index is 967. The van der Waals surface area contributed by atoms with Crippen LogP contribution in [0.4, 0.5) is 5.69 Å². The van der Waals surface area contributed by atoms with Crippen LogP contribution in [0.3, 0.4) is 0 Å². The number of carboxylic acids is 1. The number of hydrogen-bond donors (Lipinski definition) is 2. The molecule has 0 fully saturated rings. The molecule has 2 N–H and O–H groups in total. The van der Waals surface area contributed by atoms with Crippen LogP contribution in [0.1, 0.15) is 21.5 Å². The number of ether oxygens (including phenoxy) is 1. The van der Waals surface area contributed by atoms with Crippen molar-refractivity contribution in [2.45, 2.75) is 13.2 Å². The summed E-state index contributed by atoms with van der Waals surface area (Å²) in [5.74, 6) is -0.563. The number of halogens is 3. The van der Waals surface area contributed by atoms with Crippen molar-refractivity contribution in [1.29, 1.82) is 0 Å². The van der Waals surface area contributed by atoms with E-state index in [0.29, 0.717) is 39.7 Å². The molecule has 28 heavy (non-hydrogen) atoms. The summed E-state index contributed by atoms with van der Waals surface area (Å²) in [7, 11) is 0. The Kier molecular flexibility index (Phi) is 6.68. The van der Waals surface area contributed by atoms with E-state index in [2.05, 4.69) is 5.32 Å². The molecule has 0 bridgehead atoms. The predicted octanol–water partition coefficient (Wildman–Crippen LogP) is 6.54. The van der Waals surface area contributed by atoms with Crippen molar-refractivity contribution in [3.63, 3.8) is 0 Å². The number of carbonyl (C=O) groups is 1. The van der Waals surface area contributed by atoms with Crippen LogP contribution in [0.2, 0.25) is 15.1 Å². The average molecular weight is 437 g/mol. The van der Waals surface area contributed by atoms with Gasteiger partial charge in [0, 0.05) is 17.3 Å². The summed E-state index contributed by atoms with van der Waals surface area (Å²) < 4.78 is 5.76. The number of nitrogens with one attached hydrogen (secondary N) is 1. The molecule has 0 amide bonds. The molecule has 0 aromatic heterocycles. The van der Waals surface area contributed by atoms with Crippen molar-refractivity contribution < 1.29 is 14.6 Å². The van der Waals surface area contributed by atoms with E-state index in [-0.39, 0.29) is 5.56 Å². The molecule has 7 heteroatoms. The minimum Gasteiger partial charge on any atom is -0.486 e. The number of rotatable bonds is 7. The number of hydrogen-bond acceptors (Lipinski definition) is 3. The van der Waals surface area contributed by atoms with Gasteiger partial charge in [-0.2, -0.15) is 0 Å². The van der Waals surface area contributed by atoms with E-state index in [1.54, 1.807) is 42.5 Å². The normalized spacial score (nSPS) is 10.5. The Hall–Kier alpha value is -2.40. The van der Waals surface area contributed by atoms with Gasteiger partial charge in [0.25, 0.3) is 0 Å². The monoisotopic (exact) mass is 435 g/mol. The van der Waals surface area contributed by atoms with Gasteiger partial charge in [0.1, 0.15) is 6.61 Å². The van der Waals surface area contributed by atoms with Crippen LogP contribution >= 0.6 is 34.8 Å². The highest BCUT2D eigenvalue weighted by atomic mass is 35.5. The van der Waals surface area contributed by atoms with E-state index in [1.165, 1.54) is 6.07 Å². The van der Waals surface area contributed by atoms with Crippen molar-refractivity contribution in [3.05, 3.63) is 92.4 Å². The smallest absolute Gasteiger partial charge is 0.335 e. The molecule has 4 nitrogen and oxygen atoms in total. The molecule has 0 aliphatic carbocycles. The fourth-order valence-corrected chi connectivity index (χ4v) is 3.32. The number of carboxylic acid groups (broad SMARTS) is 1. The first-order chi connectivity index (χ1) is 13.4.